The van der Waals surface area contributed by atoms with Crippen LogP contribution in [0.25, 0.3) is 22.3 Å². The number of benzene rings is 4. The number of rotatable bonds is 5. The molecule has 0 aliphatic heterocycles. The Labute approximate surface area is 185 Å². The second-order valence-corrected chi connectivity index (χ2v) is 7.49. The zero-order valence-corrected chi connectivity index (χ0v) is 17.2. The van der Waals surface area contributed by atoms with Gasteiger partial charge in [0.15, 0.2) is 34.8 Å². The molecule has 4 rings (SSSR count). The summed E-state index contributed by atoms with van der Waals surface area (Å²) in [5.74, 6) is -8.29. The highest BCUT2D eigenvalue weighted by molar-refractivity contribution is 5.71. The van der Waals surface area contributed by atoms with Crippen LogP contribution in [-0.2, 0) is 6.61 Å². The Hall–Kier alpha value is -3.74. The lowest BCUT2D eigenvalue weighted by Crippen LogP contribution is -2.03. The van der Waals surface area contributed by atoms with Gasteiger partial charge in [-0.1, -0.05) is 42.0 Å². The largest absolute Gasteiger partial charge is 0.483 e. The highest BCUT2D eigenvalue weighted by Gasteiger charge is 2.17. The predicted octanol–water partition coefficient (Wildman–Crippen LogP) is 7.74. The minimum absolute atomic E-state index is 0.0158. The summed E-state index contributed by atoms with van der Waals surface area (Å²) in [6.07, 6.45) is 0. The third-order valence-electron chi connectivity index (χ3n) is 5.09. The van der Waals surface area contributed by atoms with E-state index < -0.39 is 47.3 Å². The van der Waals surface area contributed by atoms with Gasteiger partial charge in [0.05, 0.1) is 0 Å². The molecular weight excluding hydrogens is 442 g/mol. The molecule has 0 amide bonds. The van der Waals surface area contributed by atoms with Crippen LogP contribution in [0.2, 0.25) is 0 Å². The van der Waals surface area contributed by atoms with E-state index in [2.05, 4.69) is 0 Å². The van der Waals surface area contributed by atoms with E-state index in [4.69, 9.17) is 4.74 Å². The van der Waals surface area contributed by atoms with Gasteiger partial charge in [-0.25, -0.2) is 26.3 Å². The molecule has 0 radical (unpaired) electrons. The predicted molar refractivity (Wildman–Crippen MR) is 113 cm³/mol. The van der Waals surface area contributed by atoms with Crippen molar-refractivity contribution in [2.24, 2.45) is 0 Å². The Morgan fingerprint density at radius 3 is 1.70 bits per heavy atom. The van der Waals surface area contributed by atoms with Crippen molar-refractivity contribution in [2.75, 3.05) is 0 Å². The lowest BCUT2D eigenvalue weighted by Gasteiger charge is -2.12. The topological polar surface area (TPSA) is 9.23 Å². The van der Waals surface area contributed by atoms with Crippen molar-refractivity contribution in [1.82, 2.24) is 0 Å². The van der Waals surface area contributed by atoms with Crippen molar-refractivity contribution in [3.8, 4) is 28.0 Å². The second kappa shape index (κ2) is 9.02. The summed E-state index contributed by atoms with van der Waals surface area (Å²) in [6, 6.07) is 14.9. The molecule has 0 unspecified atom stereocenters. The lowest BCUT2D eigenvalue weighted by atomic mass is 9.99. The molecular formula is C26H16F6O. The molecule has 1 nitrogen and oxygen atoms in total. The average Bonchev–Trinajstić information content (AvgIpc) is 2.77. The molecule has 7 heteroatoms. The fourth-order valence-corrected chi connectivity index (χ4v) is 3.37. The summed E-state index contributed by atoms with van der Waals surface area (Å²) in [7, 11) is 0. The van der Waals surface area contributed by atoms with Gasteiger partial charge < -0.3 is 4.74 Å². The molecule has 0 aliphatic carbocycles. The molecule has 0 saturated carbocycles. The fraction of sp³-hybridized carbons (Fsp3) is 0.0769. The molecule has 0 N–H and O–H groups in total. The summed E-state index contributed by atoms with van der Waals surface area (Å²) >= 11 is 0. The number of ether oxygens (including phenoxy) is 1. The zero-order chi connectivity index (χ0) is 23.7. The number of halogens is 6. The summed E-state index contributed by atoms with van der Waals surface area (Å²) in [5.41, 5.74) is 2.23. The first-order chi connectivity index (χ1) is 15.7. The molecule has 4 aromatic carbocycles. The van der Waals surface area contributed by atoms with Crippen LogP contribution >= 0.6 is 0 Å². The summed E-state index contributed by atoms with van der Waals surface area (Å²) in [6.45, 7) is 1.32. The van der Waals surface area contributed by atoms with E-state index in [1.54, 1.807) is 6.07 Å². The van der Waals surface area contributed by atoms with Crippen LogP contribution in [0, 0.1) is 41.8 Å². The Morgan fingerprint density at radius 2 is 1.12 bits per heavy atom. The monoisotopic (exact) mass is 458 g/mol. The van der Waals surface area contributed by atoms with Gasteiger partial charge in [-0.05, 0) is 59.5 Å². The third-order valence-corrected chi connectivity index (χ3v) is 5.09. The zero-order valence-electron chi connectivity index (χ0n) is 17.2. The molecule has 0 bridgehead atoms. The highest BCUT2D eigenvalue weighted by atomic mass is 19.2. The van der Waals surface area contributed by atoms with Crippen molar-refractivity contribution >= 4 is 0 Å². The molecule has 0 spiro atoms. The third kappa shape index (κ3) is 4.72. The maximum absolute atomic E-state index is 14.8. The number of aryl methyl sites for hydroxylation is 1. The summed E-state index contributed by atoms with van der Waals surface area (Å²) < 4.78 is 88.5. The van der Waals surface area contributed by atoms with Crippen LogP contribution in [0.5, 0.6) is 5.75 Å². The number of hydrogen-bond donors (Lipinski definition) is 0. The Balaban J connectivity index is 1.58. The maximum Gasteiger partial charge on any atom is 0.194 e. The normalized spacial score (nSPS) is 11.0. The van der Waals surface area contributed by atoms with E-state index in [9.17, 15) is 26.3 Å². The van der Waals surface area contributed by atoms with E-state index in [0.29, 0.717) is 17.7 Å². The van der Waals surface area contributed by atoms with Crippen molar-refractivity contribution in [1.29, 1.82) is 0 Å². The van der Waals surface area contributed by atoms with Crippen LogP contribution in [0.15, 0.2) is 66.7 Å². The van der Waals surface area contributed by atoms with Gasteiger partial charge in [0.1, 0.15) is 12.4 Å². The quantitative estimate of drug-likeness (QED) is 0.220. The maximum atomic E-state index is 14.8. The van der Waals surface area contributed by atoms with Gasteiger partial charge >= 0.3 is 0 Å². The van der Waals surface area contributed by atoms with Gasteiger partial charge in [-0.2, -0.15) is 0 Å². The van der Waals surface area contributed by atoms with Crippen molar-refractivity contribution in [2.45, 2.75) is 13.5 Å². The van der Waals surface area contributed by atoms with E-state index in [0.717, 1.165) is 23.3 Å². The van der Waals surface area contributed by atoms with Crippen LogP contribution in [0.3, 0.4) is 0 Å². The Morgan fingerprint density at radius 1 is 0.576 bits per heavy atom. The molecule has 0 heterocycles. The molecule has 0 saturated heterocycles. The molecule has 0 aliphatic rings. The smallest absolute Gasteiger partial charge is 0.194 e. The molecule has 168 valence electrons. The first-order valence-corrected chi connectivity index (χ1v) is 9.85. The Kier molecular flexibility index (Phi) is 6.14. The minimum atomic E-state index is -1.66. The summed E-state index contributed by atoms with van der Waals surface area (Å²) in [5, 5.41) is 0. The van der Waals surface area contributed by atoms with Crippen molar-refractivity contribution in [3.05, 3.63) is 113 Å². The van der Waals surface area contributed by atoms with Crippen LogP contribution in [0.1, 0.15) is 11.1 Å². The molecule has 0 aromatic heterocycles. The standard InChI is InChI=1S/C26H16F6O/c1-14-2-4-16(5-3-14)17-6-7-19(20(27)10-17)18-11-23(30)26(24(31)12-18)33-13-15-8-21(28)25(32)22(29)9-15/h2-12H,13H2,1H3. The van der Waals surface area contributed by atoms with Crippen molar-refractivity contribution in [3.63, 3.8) is 0 Å². The van der Waals surface area contributed by atoms with Gasteiger partial charge in [0.25, 0.3) is 0 Å². The van der Waals surface area contributed by atoms with Gasteiger partial charge in [-0.15, -0.1) is 0 Å². The highest BCUT2D eigenvalue weighted by Crippen LogP contribution is 2.33. The van der Waals surface area contributed by atoms with Crippen molar-refractivity contribution < 1.29 is 31.1 Å². The average molecular weight is 458 g/mol. The molecule has 33 heavy (non-hydrogen) atoms. The SMILES string of the molecule is Cc1ccc(-c2ccc(-c3cc(F)c(OCc4cc(F)c(F)c(F)c4)c(F)c3)c(F)c2)cc1. The van der Waals surface area contributed by atoms with Crippen LogP contribution < -0.4 is 4.74 Å². The summed E-state index contributed by atoms with van der Waals surface area (Å²) in [4.78, 5) is 0. The fourth-order valence-electron chi connectivity index (χ4n) is 3.37. The first-order valence-electron chi connectivity index (χ1n) is 9.85. The minimum Gasteiger partial charge on any atom is -0.483 e. The molecule has 4 aromatic rings. The van der Waals surface area contributed by atoms with Crippen LogP contribution in [0.4, 0.5) is 26.3 Å². The first kappa shape index (κ1) is 22.5. The lowest BCUT2D eigenvalue weighted by molar-refractivity contribution is 0.272. The van der Waals surface area contributed by atoms with Gasteiger partial charge in [0.2, 0.25) is 0 Å². The van der Waals surface area contributed by atoms with Gasteiger partial charge in [0, 0.05) is 5.56 Å². The second-order valence-electron chi connectivity index (χ2n) is 7.49. The van der Waals surface area contributed by atoms with E-state index >= 15 is 0 Å². The van der Waals surface area contributed by atoms with Gasteiger partial charge in [-0.3, -0.25) is 0 Å². The molecule has 0 atom stereocenters. The Bertz CT molecular complexity index is 1290. The number of hydrogen-bond acceptors (Lipinski definition) is 1. The van der Waals surface area contributed by atoms with E-state index in [1.807, 2.05) is 31.2 Å². The van der Waals surface area contributed by atoms with E-state index in [1.165, 1.54) is 12.1 Å². The van der Waals surface area contributed by atoms with E-state index in [-0.39, 0.29) is 16.7 Å². The molecule has 0 fully saturated rings. The van der Waals surface area contributed by atoms with Crippen LogP contribution in [-0.4, -0.2) is 0 Å².